The van der Waals surface area contributed by atoms with Gasteiger partial charge in [0.25, 0.3) is 0 Å². The van der Waals surface area contributed by atoms with Crippen LogP contribution in [0.3, 0.4) is 0 Å². The van der Waals surface area contributed by atoms with Gasteiger partial charge >= 0.3 is 5.97 Å². The van der Waals surface area contributed by atoms with E-state index in [4.69, 9.17) is 0 Å². The molecule has 0 amide bonds. The van der Waals surface area contributed by atoms with Crippen molar-refractivity contribution < 1.29 is 9.90 Å². The first kappa shape index (κ1) is 13.1. The third-order valence-corrected chi connectivity index (χ3v) is 4.89. The minimum absolute atomic E-state index is 0.394. The number of nitrogens with zero attached hydrogens (tertiary/aromatic N) is 2. The van der Waals surface area contributed by atoms with Crippen LogP contribution >= 0.6 is 23.1 Å². The van der Waals surface area contributed by atoms with Gasteiger partial charge in [-0.05, 0) is 23.9 Å². The van der Waals surface area contributed by atoms with E-state index in [1.165, 1.54) is 23.1 Å². The van der Waals surface area contributed by atoms with E-state index in [1.807, 2.05) is 31.2 Å². The van der Waals surface area contributed by atoms with E-state index in [0.29, 0.717) is 15.8 Å². The number of hydrogen-bond donors (Lipinski definition) is 2. The summed E-state index contributed by atoms with van der Waals surface area (Å²) in [4.78, 5) is 16.0. The fourth-order valence-corrected chi connectivity index (χ4v) is 3.97. The third kappa shape index (κ3) is 2.41. The van der Waals surface area contributed by atoms with Gasteiger partial charge in [-0.1, -0.05) is 30.0 Å². The van der Waals surface area contributed by atoms with Crippen LogP contribution in [0.5, 0.6) is 0 Å². The molecular formula is C13H11N3O2S2. The molecule has 0 atom stereocenters. The predicted molar refractivity (Wildman–Crippen MR) is 79.5 cm³/mol. The summed E-state index contributed by atoms with van der Waals surface area (Å²) in [5.74, 6) is 0.414. The molecule has 2 aromatic heterocycles. The van der Waals surface area contributed by atoms with E-state index in [9.17, 15) is 9.90 Å². The summed E-state index contributed by atoms with van der Waals surface area (Å²) in [6.45, 7) is 1.83. The lowest BCUT2D eigenvalue weighted by molar-refractivity contribution is 0.0701. The predicted octanol–water partition coefficient (Wildman–Crippen LogP) is 3.32. The van der Waals surface area contributed by atoms with Crippen molar-refractivity contribution in [3.63, 3.8) is 0 Å². The summed E-state index contributed by atoms with van der Waals surface area (Å²) >= 11 is 2.75. The molecule has 0 aliphatic carbocycles. The molecule has 1 aromatic carbocycles. The lowest BCUT2D eigenvalue weighted by atomic mass is 10.1. The van der Waals surface area contributed by atoms with Crippen LogP contribution in [0.25, 0.3) is 10.1 Å². The molecule has 0 spiro atoms. The number of nitrogens with one attached hydrogen (secondary N) is 1. The number of aromatic carboxylic acids is 1. The summed E-state index contributed by atoms with van der Waals surface area (Å²) in [5, 5.41) is 17.8. The minimum Gasteiger partial charge on any atom is -0.477 e. The molecule has 0 saturated carbocycles. The summed E-state index contributed by atoms with van der Waals surface area (Å²) in [5.41, 5.74) is 0.838. The second kappa shape index (κ2) is 5.26. The maximum Gasteiger partial charge on any atom is 0.346 e. The smallest absolute Gasteiger partial charge is 0.346 e. The monoisotopic (exact) mass is 305 g/mol. The molecule has 2 heterocycles. The molecule has 102 valence electrons. The SMILES string of the molecule is Cc1nc(SCc2c(C(=O)O)sc3ccccc23)n[nH]1. The molecule has 0 saturated heterocycles. The van der Waals surface area contributed by atoms with Gasteiger partial charge in [-0.2, -0.15) is 0 Å². The normalized spacial score (nSPS) is 11.1. The molecule has 2 N–H and O–H groups in total. The molecule has 7 heteroatoms. The van der Waals surface area contributed by atoms with Crippen LogP contribution in [-0.2, 0) is 5.75 Å². The highest BCUT2D eigenvalue weighted by Crippen LogP contribution is 2.34. The van der Waals surface area contributed by atoms with Gasteiger partial charge in [0.1, 0.15) is 10.7 Å². The molecule has 0 radical (unpaired) electrons. The number of aromatic nitrogens is 3. The van der Waals surface area contributed by atoms with Crippen molar-refractivity contribution in [3.05, 3.63) is 40.5 Å². The molecular weight excluding hydrogens is 294 g/mol. The zero-order chi connectivity index (χ0) is 14.1. The Morgan fingerprint density at radius 3 is 2.95 bits per heavy atom. The van der Waals surface area contributed by atoms with Crippen molar-refractivity contribution in [1.82, 2.24) is 15.2 Å². The second-order valence-corrected chi connectivity index (χ2v) is 6.20. The second-order valence-electron chi connectivity index (χ2n) is 4.20. The van der Waals surface area contributed by atoms with Crippen LogP contribution in [-0.4, -0.2) is 26.3 Å². The lowest BCUT2D eigenvalue weighted by Crippen LogP contribution is -1.96. The first-order valence-electron chi connectivity index (χ1n) is 5.90. The molecule has 0 aliphatic rings. The van der Waals surface area contributed by atoms with Gasteiger partial charge in [0.15, 0.2) is 0 Å². The topological polar surface area (TPSA) is 78.9 Å². The largest absolute Gasteiger partial charge is 0.477 e. The Balaban J connectivity index is 1.96. The number of aryl methyl sites for hydroxylation is 1. The zero-order valence-corrected chi connectivity index (χ0v) is 12.2. The van der Waals surface area contributed by atoms with Crippen LogP contribution in [0.15, 0.2) is 29.4 Å². The van der Waals surface area contributed by atoms with Crippen molar-refractivity contribution in [2.24, 2.45) is 0 Å². The van der Waals surface area contributed by atoms with Gasteiger partial charge in [-0.25, -0.2) is 9.78 Å². The average Bonchev–Trinajstić information content (AvgIpc) is 3.00. The number of fused-ring (bicyclic) bond motifs is 1. The summed E-state index contributed by atoms with van der Waals surface area (Å²) in [6, 6.07) is 7.74. The van der Waals surface area contributed by atoms with Gasteiger partial charge in [0.05, 0.1) is 0 Å². The number of rotatable bonds is 4. The van der Waals surface area contributed by atoms with Gasteiger partial charge in [0.2, 0.25) is 5.16 Å². The van der Waals surface area contributed by atoms with Gasteiger partial charge in [-0.15, -0.1) is 16.4 Å². The van der Waals surface area contributed by atoms with Gasteiger partial charge < -0.3 is 5.11 Å². The van der Waals surface area contributed by atoms with E-state index in [-0.39, 0.29) is 0 Å². The van der Waals surface area contributed by atoms with Crippen LogP contribution < -0.4 is 0 Å². The summed E-state index contributed by atoms with van der Waals surface area (Å²) < 4.78 is 0.992. The van der Waals surface area contributed by atoms with Gasteiger partial charge in [0, 0.05) is 10.5 Å². The quantitative estimate of drug-likeness (QED) is 0.723. The molecule has 5 nitrogen and oxygen atoms in total. The number of hydrogen-bond acceptors (Lipinski definition) is 5. The Morgan fingerprint density at radius 2 is 2.25 bits per heavy atom. The lowest BCUT2D eigenvalue weighted by Gasteiger charge is -1.99. The standard InChI is InChI=1S/C13H11N3O2S2/c1-7-14-13(16-15-7)19-6-9-8-4-2-3-5-10(8)20-11(9)12(17)18/h2-5H,6H2,1H3,(H,17,18)(H,14,15,16). The van der Waals surface area contributed by atoms with E-state index in [2.05, 4.69) is 15.2 Å². The molecule has 3 aromatic rings. The Kier molecular flexibility index (Phi) is 3.45. The van der Waals surface area contributed by atoms with E-state index >= 15 is 0 Å². The molecule has 0 aliphatic heterocycles. The maximum atomic E-state index is 11.4. The Hall–Kier alpha value is -1.86. The van der Waals surface area contributed by atoms with E-state index in [1.54, 1.807) is 0 Å². The Labute approximate surface area is 123 Å². The van der Waals surface area contributed by atoms with Crippen molar-refractivity contribution in [2.45, 2.75) is 17.8 Å². The van der Waals surface area contributed by atoms with Crippen LogP contribution in [0, 0.1) is 6.92 Å². The molecule has 20 heavy (non-hydrogen) atoms. The number of carboxylic acids is 1. The van der Waals surface area contributed by atoms with E-state index in [0.717, 1.165) is 21.5 Å². The highest BCUT2D eigenvalue weighted by molar-refractivity contribution is 7.98. The summed E-state index contributed by atoms with van der Waals surface area (Å²) in [7, 11) is 0. The highest BCUT2D eigenvalue weighted by atomic mass is 32.2. The van der Waals surface area contributed by atoms with Crippen LogP contribution in [0.4, 0.5) is 0 Å². The highest BCUT2D eigenvalue weighted by Gasteiger charge is 2.18. The molecule has 0 unspecified atom stereocenters. The van der Waals surface area contributed by atoms with Crippen LogP contribution in [0.2, 0.25) is 0 Å². The Morgan fingerprint density at radius 1 is 1.45 bits per heavy atom. The molecule has 0 fully saturated rings. The van der Waals surface area contributed by atoms with Crippen molar-refractivity contribution in [2.75, 3.05) is 0 Å². The fourth-order valence-electron chi connectivity index (χ4n) is 1.94. The van der Waals surface area contributed by atoms with Crippen molar-refractivity contribution in [1.29, 1.82) is 0 Å². The molecule has 3 rings (SSSR count). The minimum atomic E-state index is -0.882. The molecule has 0 bridgehead atoms. The zero-order valence-electron chi connectivity index (χ0n) is 10.6. The average molecular weight is 305 g/mol. The number of carboxylic acid groups (broad SMARTS) is 1. The number of carbonyl (C=O) groups is 1. The van der Waals surface area contributed by atoms with Crippen molar-refractivity contribution in [3.8, 4) is 0 Å². The van der Waals surface area contributed by atoms with Crippen molar-refractivity contribution >= 4 is 39.2 Å². The van der Waals surface area contributed by atoms with Gasteiger partial charge in [-0.3, -0.25) is 5.10 Å². The maximum absolute atomic E-state index is 11.4. The number of aromatic amines is 1. The number of benzene rings is 1. The number of H-pyrrole nitrogens is 1. The number of thioether (sulfide) groups is 1. The fraction of sp³-hybridized carbons (Fsp3) is 0.154. The van der Waals surface area contributed by atoms with Crippen LogP contribution in [0.1, 0.15) is 21.1 Å². The van der Waals surface area contributed by atoms with E-state index < -0.39 is 5.97 Å². The first-order chi connectivity index (χ1) is 9.65. The Bertz CT molecular complexity index is 779. The third-order valence-electron chi connectivity index (χ3n) is 2.81. The first-order valence-corrected chi connectivity index (χ1v) is 7.71. The summed E-state index contributed by atoms with van der Waals surface area (Å²) in [6.07, 6.45) is 0. The number of thiophene rings is 1.